The Bertz CT molecular complexity index is 512. The van der Waals surface area contributed by atoms with E-state index in [9.17, 15) is 0 Å². The SMILES string of the molecule is C=CC/C(=C/Sc1ccccc1)c1ccccc1. The Balaban J connectivity index is 2.18. The standard InChI is InChI=1S/C17H16S/c1-2-9-16(15-10-5-3-6-11-15)14-18-17-12-7-4-8-13-17/h2-8,10-14H,1,9H2/b16-14-. The predicted molar refractivity (Wildman–Crippen MR) is 81.5 cm³/mol. The van der Waals surface area contributed by atoms with E-state index in [1.165, 1.54) is 16.0 Å². The molecule has 0 N–H and O–H groups in total. The van der Waals surface area contributed by atoms with Crippen molar-refractivity contribution in [2.75, 3.05) is 0 Å². The van der Waals surface area contributed by atoms with Gasteiger partial charge < -0.3 is 0 Å². The first-order chi connectivity index (χ1) is 8.90. The third-order valence-corrected chi connectivity index (χ3v) is 3.54. The summed E-state index contributed by atoms with van der Waals surface area (Å²) < 4.78 is 0. The fourth-order valence-electron chi connectivity index (χ4n) is 1.68. The van der Waals surface area contributed by atoms with Crippen molar-refractivity contribution in [2.45, 2.75) is 11.3 Å². The van der Waals surface area contributed by atoms with E-state index in [2.05, 4.69) is 60.5 Å². The van der Waals surface area contributed by atoms with Gasteiger partial charge in [-0.2, -0.15) is 0 Å². The van der Waals surface area contributed by atoms with Crippen LogP contribution in [0.4, 0.5) is 0 Å². The molecular weight excluding hydrogens is 236 g/mol. The predicted octanol–water partition coefficient (Wildman–Crippen LogP) is 5.40. The van der Waals surface area contributed by atoms with Crippen molar-refractivity contribution in [3.8, 4) is 0 Å². The van der Waals surface area contributed by atoms with Gasteiger partial charge in [0.25, 0.3) is 0 Å². The van der Waals surface area contributed by atoms with Crippen LogP contribution in [0.2, 0.25) is 0 Å². The maximum absolute atomic E-state index is 3.83. The molecule has 0 nitrogen and oxygen atoms in total. The van der Waals surface area contributed by atoms with Crippen molar-refractivity contribution in [3.63, 3.8) is 0 Å². The maximum Gasteiger partial charge on any atom is 0.0116 e. The molecule has 18 heavy (non-hydrogen) atoms. The van der Waals surface area contributed by atoms with Gasteiger partial charge in [0, 0.05) is 4.90 Å². The van der Waals surface area contributed by atoms with Crippen LogP contribution in [0.5, 0.6) is 0 Å². The van der Waals surface area contributed by atoms with Gasteiger partial charge in [0.15, 0.2) is 0 Å². The van der Waals surface area contributed by atoms with Crippen LogP contribution in [0.1, 0.15) is 12.0 Å². The number of benzene rings is 2. The summed E-state index contributed by atoms with van der Waals surface area (Å²) in [5, 5.41) is 2.21. The van der Waals surface area contributed by atoms with Gasteiger partial charge in [-0.25, -0.2) is 0 Å². The summed E-state index contributed by atoms with van der Waals surface area (Å²) in [6.45, 7) is 3.83. The molecule has 0 unspecified atom stereocenters. The number of allylic oxidation sites excluding steroid dienone is 2. The first-order valence-electron chi connectivity index (χ1n) is 5.97. The Hall–Kier alpha value is -1.73. The van der Waals surface area contributed by atoms with Gasteiger partial charge in [-0.1, -0.05) is 66.4 Å². The largest absolute Gasteiger partial charge is 0.103 e. The van der Waals surface area contributed by atoms with E-state index >= 15 is 0 Å². The monoisotopic (exact) mass is 252 g/mol. The van der Waals surface area contributed by atoms with Crippen LogP contribution in [0.15, 0.2) is 83.6 Å². The topological polar surface area (TPSA) is 0 Å². The quantitative estimate of drug-likeness (QED) is 0.507. The molecule has 0 saturated heterocycles. The smallest absolute Gasteiger partial charge is 0.0116 e. The highest BCUT2D eigenvalue weighted by atomic mass is 32.2. The van der Waals surface area contributed by atoms with Crippen LogP contribution in [-0.4, -0.2) is 0 Å². The molecule has 0 aliphatic carbocycles. The van der Waals surface area contributed by atoms with Crippen molar-refractivity contribution in [1.29, 1.82) is 0 Å². The molecule has 2 aromatic rings. The highest BCUT2D eigenvalue weighted by molar-refractivity contribution is 8.02. The van der Waals surface area contributed by atoms with Crippen LogP contribution in [0.25, 0.3) is 5.57 Å². The fourth-order valence-corrected chi connectivity index (χ4v) is 2.50. The number of hydrogen-bond acceptors (Lipinski definition) is 1. The highest BCUT2D eigenvalue weighted by Crippen LogP contribution is 2.26. The Labute approximate surface area is 113 Å². The molecule has 0 aliphatic rings. The van der Waals surface area contributed by atoms with Gasteiger partial charge in [0.1, 0.15) is 0 Å². The molecule has 0 amide bonds. The van der Waals surface area contributed by atoms with E-state index in [0.717, 1.165) is 6.42 Å². The second-order valence-electron chi connectivity index (χ2n) is 3.93. The molecule has 0 fully saturated rings. The summed E-state index contributed by atoms with van der Waals surface area (Å²) in [5.74, 6) is 0. The van der Waals surface area contributed by atoms with E-state index in [0.29, 0.717) is 0 Å². The summed E-state index contributed by atoms with van der Waals surface area (Å²) >= 11 is 1.75. The average Bonchev–Trinajstić information content (AvgIpc) is 2.45. The highest BCUT2D eigenvalue weighted by Gasteiger charge is 1.99. The zero-order chi connectivity index (χ0) is 12.6. The molecule has 0 aliphatic heterocycles. The lowest BCUT2D eigenvalue weighted by atomic mass is 10.1. The fraction of sp³-hybridized carbons (Fsp3) is 0.0588. The van der Waals surface area contributed by atoms with Crippen LogP contribution < -0.4 is 0 Å². The third-order valence-electron chi connectivity index (χ3n) is 2.59. The van der Waals surface area contributed by atoms with Crippen molar-refractivity contribution in [2.24, 2.45) is 0 Å². The lowest BCUT2D eigenvalue weighted by Crippen LogP contribution is -1.81. The number of rotatable bonds is 5. The molecule has 0 atom stereocenters. The van der Waals surface area contributed by atoms with Crippen LogP contribution in [-0.2, 0) is 0 Å². The molecule has 0 bridgehead atoms. The Morgan fingerprint density at radius 1 is 0.944 bits per heavy atom. The normalized spacial score (nSPS) is 11.2. The van der Waals surface area contributed by atoms with Gasteiger partial charge in [-0.3, -0.25) is 0 Å². The minimum atomic E-state index is 0.893. The van der Waals surface area contributed by atoms with Crippen LogP contribution in [0, 0.1) is 0 Å². The molecule has 0 saturated carbocycles. The Kier molecular flexibility index (Phi) is 4.86. The van der Waals surface area contributed by atoms with E-state index in [-0.39, 0.29) is 0 Å². The molecule has 0 spiro atoms. The Morgan fingerprint density at radius 3 is 2.17 bits per heavy atom. The molecule has 2 rings (SSSR count). The third kappa shape index (κ3) is 3.64. The molecule has 1 heteroatoms. The second kappa shape index (κ2) is 6.87. The van der Waals surface area contributed by atoms with Crippen molar-refractivity contribution >= 4 is 17.3 Å². The number of hydrogen-bond donors (Lipinski definition) is 0. The summed E-state index contributed by atoms with van der Waals surface area (Å²) in [6, 6.07) is 20.9. The summed E-state index contributed by atoms with van der Waals surface area (Å²) in [5.41, 5.74) is 2.57. The van der Waals surface area contributed by atoms with Crippen molar-refractivity contribution in [3.05, 3.63) is 84.3 Å². The minimum Gasteiger partial charge on any atom is -0.103 e. The van der Waals surface area contributed by atoms with Gasteiger partial charge in [0.05, 0.1) is 0 Å². The first-order valence-corrected chi connectivity index (χ1v) is 6.85. The molecule has 0 radical (unpaired) electrons. The second-order valence-corrected chi connectivity index (χ2v) is 4.88. The lowest BCUT2D eigenvalue weighted by molar-refractivity contribution is 1.40. The first kappa shape index (κ1) is 12.7. The zero-order valence-electron chi connectivity index (χ0n) is 10.3. The Morgan fingerprint density at radius 2 is 1.56 bits per heavy atom. The van der Waals surface area contributed by atoms with E-state index in [4.69, 9.17) is 0 Å². The molecular formula is C17H16S. The average molecular weight is 252 g/mol. The molecule has 90 valence electrons. The van der Waals surface area contributed by atoms with Gasteiger partial charge in [0.2, 0.25) is 0 Å². The summed E-state index contributed by atoms with van der Waals surface area (Å²) in [7, 11) is 0. The minimum absolute atomic E-state index is 0.893. The van der Waals surface area contributed by atoms with Gasteiger partial charge in [-0.05, 0) is 35.1 Å². The van der Waals surface area contributed by atoms with Gasteiger partial charge in [-0.15, -0.1) is 6.58 Å². The van der Waals surface area contributed by atoms with Gasteiger partial charge >= 0.3 is 0 Å². The zero-order valence-corrected chi connectivity index (χ0v) is 11.1. The van der Waals surface area contributed by atoms with Crippen LogP contribution >= 0.6 is 11.8 Å². The molecule has 0 heterocycles. The van der Waals surface area contributed by atoms with Crippen molar-refractivity contribution in [1.82, 2.24) is 0 Å². The van der Waals surface area contributed by atoms with E-state index in [1.807, 2.05) is 18.2 Å². The van der Waals surface area contributed by atoms with E-state index in [1.54, 1.807) is 11.8 Å². The molecule has 2 aromatic carbocycles. The van der Waals surface area contributed by atoms with Crippen molar-refractivity contribution < 1.29 is 0 Å². The van der Waals surface area contributed by atoms with E-state index < -0.39 is 0 Å². The lowest BCUT2D eigenvalue weighted by Gasteiger charge is -2.05. The van der Waals surface area contributed by atoms with Crippen LogP contribution in [0.3, 0.4) is 0 Å². The summed E-state index contributed by atoms with van der Waals surface area (Å²) in [6.07, 6.45) is 2.84. The molecule has 0 aromatic heterocycles. The maximum atomic E-state index is 3.83. The number of thioether (sulfide) groups is 1. The summed E-state index contributed by atoms with van der Waals surface area (Å²) in [4.78, 5) is 1.26.